The monoisotopic (exact) mass is 507 g/mol. The smallest absolute Gasteiger partial charge is 0.324 e. The van der Waals surface area contributed by atoms with E-state index in [1.54, 1.807) is 0 Å². The van der Waals surface area contributed by atoms with Crippen LogP contribution in [0, 0.1) is 5.92 Å². The molecule has 1 amide bonds. The van der Waals surface area contributed by atoms with E-state index in [0.29, 0.717) is 30.9 Å². The minimum Gasteiger partial charge on any atom is -0.493 e. The number of allylic oxidation sites excluding steroid dienone is 1. The van der Waals surface area contributed by atoms with Gasteiger partial charge in [-0.3, -0.25) is 4.79 Å². The van der Waals surface area contributed by atoms with Crippen molar-refractivity contribution in [3.63, 3.8) is 0 Å². The second-order valence-electron chi connectivity index (χ2n) is 10.6. The zero-order valence-corrected chi connectivity index (χ0v) is 22.1. The molecular formula is C28H37N5O4. The van der Waals surface area contributed by atoms with E-state index in [4.69, 9.17) is 14.1 Å². The number of ether oxygens (including phenoxy) is 1. The number of amides is 1. The van der Waals surface area contributed by atoms with Crippen molar-refractivity contribution in [3.05, 3.63) is 47.3 Å². The minimum atomic E-state index is 0.139. The summed E-state index contributed by atoms with van der Waals surface area (Å²) in [7, 11) is 1.53. The number of carbonyl (C=O) groups is 1. The van der Waals surface area contributed by atoms with Crippen molar-refractivity contribution in [2.24, 2.45) is 11.1 Å². The lowest BCUT2D eigenvalue weighted by Gasteiger charge is -2.34. The quantitative estimate of drug-likeness (QED) is 0.485. The van der Waals surface area contributed by atoms with E-state index in [-0.39, 0.29) is 11.8 Å². The van der Waals surface area contributed by atoms with Gasteiger partial charge in [-0.25, -0.2) is 0 Å². The molecule has 9 heteroatoms. The van der Waals surface area contributed by atoms with E-state index in [2.05, 4.69) is 64.4 Å². The summed E-state index contributed by atoms with van der Waals surface area (Å²) in [6.45, 7) is 7.83. The number of rotatable bonds is 8. The topological polar surface area (TPSA) is 93.3 Å². The van der Waals surface area contributed by atoms with Crippen molar-refractivity contribution >= 4 is 17.6 Å². The first-order valence-corrected chi connectivity index (χ1v) is 13.4. The summed E-state index contributed by atoms with van der Waals surface area (Å²) in [5.41, 5.74) is 3.15. The summed E-state index contributed by atoms with van der Waals surface area (Å²) in [4.78, 5) is 26.0. The lowest BCUT2D eigenvalue weighted by atomic mass is 9.84. The Morgan fingerprint density at radius 3 is 2.54 bits per heavy atom. The molecular weight excluding hydrogens is 470 g/mol. The van der Waals surface area contributed by atoms with Gasteiger partial charge in [0.15, 0.2) is 5.82 Å². The number of hydrogen-bond donors (Lipinski definition) is 0. The average molecular weight is 508 g/mol. The number of likely N-dealkylation sites (tertiary alicyclic amines) is 1. The van der Waals surface area contributed by atoms with Crippen LogP contribution < -0.4 is 9.64 Å². The summed E-state index contributed by atoms with van der Waals surface area (Å²) in [6, 6.07) is 9.15. The molecule has 1 aromatic heterocycles. The summed E-state index contributed by atoms with van der Waals surface area (Å²) in [6.07, 6.45) is 6.91. The summed E-state index contributed by atoms with van der Waals surface area (Å²) in [5.74, 6) is 3.05. The molecule has 1 unspecified atom stereocenters. The van der Waals surface area contributed by atoms with Crippen molar-refractivity contribution in [2.75, 3.05) is 44.8 Å². The standard InChI is InChI=1S/C28H37N5O4/c1-19(2)26-29-28(37-31-26)32-14-12-20(13-15-32)18-36-25-10-8-22(9-11-25)21-4-6-23(7-5-21)27(34)33-16-24(17-33)30-35-3/h6,8-11,19-21H,4-5,7,12-18H2,1-3H3. The van der Waals surface area contributed by atoms with Crippen molar-refractivity contribution in [3.8, 4) is 5.75 Å². The number of oxime groups is 1. The third-order valence-electron chi connectivity index (χ3n) is 7.61. The molecule has 0 bridgehead atoms. The van der Waals surface area contributed by atoms with Crippen molar-refractivity contribution in [1.29, 1.82) is 0 Å². The average Bonchev–Trinajstić information content (AvgIpc) is 3.41. The third-order valence-corrected chi connectivity index (χ3v) is 7.61. The van der Waals surface area contributed by atoms with Crippen LogP contribution in [0.3, 0.4) is 0 Å². The summed E-state index contributed by atoms with van der Waals surface area (Å²) < 4.78 is 11.6. The number of benzene rings is 1. The molecule has 0 N–H and O–H groups in total. The molecule has 9 nitrogen and oxygen atoms in total. The lowest BCUT2D eigenvalue weighted by Crippen LogP contribution is -2.51. The highest BCUT2D eigenvalue weighted by atomic mass is 16.6. The maximum absolute atomic E-state index is 12.7. The fraction of sp³-hybridized carbons (Fsp3) is 0.571. The second-order valence-corrected chi connectivity index (χ2v) is 10.6. The first-order valence-electron chi connectivity index (χ1n) is 13.4. The Hall–Kier alpha value is -3.36. The fourth-order valence-corrected chi connectivity index (χ4v) is 5.19. The number of nitrogens with zero attached hydrogens (tertiary/aromatic N) is 5. The first-order chi connectivity index (χ1) is 18.0. The summed E-state index contributed by atoms with van der Waals surface area (Å²) >= 11 is 0. The predicted molar refractivity (Wildman–Crippen MR) is 141 cm³/mol. The molecule has 2 saturated heterocycles. The van der Waals surface area contributed by atoms with Crippen LogP contribution >= 0.6 is 0 Å². The molecule has 198 valence electrons. The van der Waals surface area contributed by atoms with Gasteiger partial charge in [-0.15, -0.1) is 0 Å². The molecule has 2 aromatic rings. The van der Waals surface area contributed by atoms with E-state index < -0.39 is 0 Å². The zero-order chi connectivity index (χ0) is 25.8. The van der Waals surface area contributed by atoms with Gasteiger partial charge < -0.3 is 23.9 Å². The molecule has 3 aliphatic rings. The van der Waals surface area contributed by atoms with Gasteiger partial charge in [-0.05, 0) is 61.6 Å². The van der Waals surface area contributed by atoms with Gasteiger partial charge in [0.2, 0.25) is 5.91 Å². The van der Waals surface area contributed by atoms with Crippen LogP contribution in [0.5, 0.6) is 5.75 Å². The van der Waals surface area contributed by atoms with E-state index in [9.17, 15) is 4.79 Å². The maximum Gasteiger partial charge on any atom is 0.324 e. The van der Waals surface area contributed by atoms with E-state index in [0.717, 1.165) is 74.7 Å². The Kier molecular flexibility index (Phi) is 7.76. The Morgan fingerprint density at radius 2 is 1.92 bits per heavy atom. The molecule has 1 aromatic carbocycles. The molecule has 5 rings (SSSR count). The number of piperidine rings is 1. The number of aromatic nitrogens is 2. The molecule has 3 heterocycles. The van der Waals surface area contributed by atoms with Crippen molar-refractivity contribution in [1.82, 2.24) is 15.0 Å². The Labute approximate surface area is 218 Å². The van der Waals surface area contributed by atoms with Gasteiger partial charge in [0.25, 0.3) is 0 Å². The maximum atomic E-state index is 12.7. The van der Waals surface area contributed by atoms with Gasteiger partial charge >= 0.3 is 6.01 Å². The first kappa shape index (κ1) is 25.3. The van der Waals surface area contributed by atoms with Gasteiger partial charge in [0.1, 0.15) is 12.9 Å². The number of anilines is 1. The molecule has 2 fully saturated rings. The van der Waals surface area contributed by atoms with Crippen molar-refractivity contribution in [2.45, 2.75) is 57.8 Å². The van der Waals surface area contributed by atoms with Gasteiger partial charge in [-0.2, -0.15) is 4.98 Å². The van der Waals surface area contributed by atoms with Gasteiger partial charge in [0.05, 0.1) is 25.4 Å². The Bertz CT molecular complexity index is 1120. The molecule has 0 spiro atoms. The van der Waals surface area contributed by atoms with E-state index in [1.807, 2.05) is 4.90 Å². The Morgan fingerprint density at radius 1 is 1.16 bits per heavy atom. The van der Waals surface area contributed by atoms with Gasteiger partial charge in [0, 0.05) is 24.6 Å². The van der Waals surface area contributed by atoms with Crippen LogP contribution in [0.4, 0.5) is 6.01 Å². The second kappa shape index (κ2) is 11.4. The number of carbonyl (C=O) groups excluding carboxylic acids is 1. The highest BCUT2D eigenvalue weighted by molar-refractivity contribution is 6.04. The highest BCUT2D eigenvalue weighted by Crippen LogP contribution is 2.34. The number of hydrogen-bond acceptors (Lipinski definition) is 8. The van der Waals surface area contributed by atoms with Crippen LogP contribution in [0.1, 0.15) is 69.2 Å². The van der Waals surface area contributed by atoms with E-state index >= 15 is 0 Å². The molecule has 37 heavy (non-hydrogen) atoms. The van der Waals surface area contributed by atoms with Gasteiger partial charge in [-0.1, -0.05) is 42.4 Å². The summed E-state index contributed by atoms with van der Waals surface area (Å²) in [5, 5.41) is 7.99. The van der Waals surface area contributed by atoms with Crippen LogP contribution in [-0.2, 0) is 9.63 Å². The molecule has 0 saturated carbocycles. The minimum absolute atomic E-state index is 0.139. The molecule has 1 atom stereocenters. The lowest BCUT2D eigenvalue weighted by molar-refractivity contribution is -0.127. The largest absolute Gasteiger partial charge is 0.493 e. The fourth-order valence-electron chi connectivity index (χ4n) is 5.19. The molecule has 1 aliphatic carbocycles. The Balaban J connectivity index is 1.05. The zero-order valence-electron chi connectivity index (χ0n) is 22.1. The molecule has 0 radical (unpaired) electrons. The van der Waals surface area contributed by atoms with E-state index in [1.165, 1.54) is 12.7 Å². The van der Waals surface area contributed by atoms with Crippen LogP contribution in [0.25, 0.3) is 0 Å². The molecule has 2 aliphatic heterocycles. The normalized spacial score (nSPS) is 20.5. The third kappa shape index (κ3) is 5.97. The highest BCUT2D eigenvalue weighted by Gasteiger charge is 2.31. The van der Waals surface area contributed by atoms with Crippen molar-refractivity contribution < 1.29 is 18.9 Å². The van der Waals surface area contributed by atoms with Crippen LogP contribution in [0.2, 0.25) is 0 Å². The predicted octanol–water partition coefficient (Wildman–Crippen LogP) is 4.53. The van der Waals surface area contributed by atoms with Crippen LogP contribution in [-0.4, -0.2) is 66.6 Å². The SMILES string of the molecule is CON=C1CN(C(=O)C2=CCC(c3ccc(OCC4CCN(c5nc(C(C)C)no5)CC4)cc3)CC2)C1. The van der Waals surface area contributed by atoms with Crippen LogP contribution in [0.15, 0.2) is 45.6 Å².